The predicted molar refractivity (Wildman–Crippen MR) is 92.4 cm³/mol. The number of carbonyl (C=O) groups excluding carboxylic acids is 1. The van der Waals surface area contributed by atoms with Crippen molar-refractivity contribution < 1.29 is 4.79 Å². The molecular formula is C16H15N3OS2. The second kappa shape index (κ2) is 6.89. The van der Waals surface area contributed by atoms with E-state index in [0.717, 1.165) is 22.3 Å². The summed E-state index contributed by atoms with van der Waals surface area (Å²) in [6.07, 6.45) is 2.41. The zero-order valence-electron chi connectivity index (χ0n) is 12.0. The standard InChI is InChI=1S/C16H15N3OS2/c1-2-13(15(20)19-16-17-9-10-21-16)22-14-8-7-11-5-3-4-6-12(11)18-14/h3-10,13H,2H2,1H3,(H,17,19,20)/t13-/m0/s1. The molecule has 1 atom stereocenters. The molecule has 0 bridgehead atoms. The Bertz CT molecular complexity index is 774. The van der Waals surface area contributed by atoms with Crippen LogP contribution in [0.1, 0.15) is 13.3 Å². The largest absolute Gasteiger partial charge is 0.301 e. The third kappa shape index (κ3) is 3.45. The van der Waals surface area contributed by atoms with E-state index < -0.39 is 0 Å². The molecule has 1 aromatic carbocycles. The van der Waals surface area contributed by atoms with E-state index in [1.807, 2.05) is 48.7 Å². The summed E-state index contributed by atoms with van der Waals surface area (Å²) in [6, 6.07) is 12.0. The quantitative estimate of drug-likeness (QED) is 0.713. The summed E-state index contributed by atoms with van der Waals surface area (Å²) in [6.45, 7) is 2.00. The van der Waals surface area contributed by atoms with E-state index >= 15 is 0 Å². The number of para-hydroxylation sites is 1. The molecule has 112 valence electrons. The second-order valence-corrected chi connectivity index (χ2v) is 6.80. The molecule has 0 unspecified atom stereocenters. The number of hydrogen-bond acceptors (Lipinski definition) is 5. The summed E-state index contributed by atoms with van der Waals surface area (Å²) < 4.78 is 0. The number of nitrogens with zero attached hydrogens (tertiary/aromatic N) is 2. The molecule has 0 saturated heterocycles. The number of carbonyl (C=O) groups is 1. The fraction of sp³-hybridized carbons (Fsp3) is 0.188. The first-order valence-corrected chi connectivity index (χ1v) is 8.75. The van der Waals surface area contributed by atoms with E-state index in [2.05, 4.69) is 15.3 Å². The molecule has 2 aromatic heterocycles. The maximum atomic E-state index is 12.3. The summed E-state index contributed by atoms with van der Waals surface area (Å²) in [5.74, 6) is -0.0302. The maximum absolute atomic E-state index is 12.3. The molecule has 3 aromatic rings. The fourth-order valence-electron chi connectivity index (χ4n) is 2.05. The number of hydrogen-bond donors (Lipinski definition) is 1. The fourth-order valence-corrected chi connectivity index (χ4v) is 3.51. The molecule has 0 aliphatic carbocycles. The summed E-state index contributed by atoms with van der Waals surface area (Å²) in [4.78, 5) is 21.0. The van der Waals surface area contributed by atoms with E-state index in [9.17, 15) is 4.79 Å². The van der Waals surface area contributed by atoms with Gasteiger partial charge < -0.3 is 5.32 Å². The van der Waals surface area contributed by atoms with Crippen LogP contribution >= 0.6 is 23.1 Å². The Balaban J connectivity index is 1.74. The van der Waals surface area contributed by atoms with Gasteiger partial charge in [-0.1, -0.05) is 43.0 Å². The van der Waals surface area contributed by atoms with Crippen LogP contribution in [0.3, 0.4) is 0 Å². The van der Waals surface area contributed by atoms with E-state index in [4.69, 9.17) is 0 Å². The highest BCUT2D eigenvalue weighted by atomic mass is 32.2. The van der Waals surface area contributed by atoms with E-state index in [1.54, 1.807) is 6.20 Å². The number of rotatable bonds is 5. The highest BCUT2D eigenvalue weighted by Gasteiger charge is 2.19. The Morgan fingerprint density at radius 1 is 1.32 bits per heavy atom. The number of fused-ring (bicyclic) bond motifs is 1. The molecule has 0 aliphatic rings. The van der Waals surface area contributed by atoms with Crippen molar-refractivity contribution in [1.29, 1.82) is 0 Å². The summed E-state index contributed by atoms with van der Waals surface area (Å²) >= 11 is 2.91. The number of anilines is 1. The van der Waals surface area contributed by atoms with Crippen molar-refractivity contribution in [1.82, 2.24) is 9.97 Å². The first-order valence-electron chi connectivity index (χ1n) is 6.99. The van der Waals surface area contributed by atoms with Gasteiger partial charge in [0.1, 0.15) is 0 Å². The predicted octanol–water partition coefficient (Wildman–Crippen LogP) is 4.20. The van der Waals surface area contributed by atoms with Crippen LogP contribution in [0.5, 0.6) is 0 Å². The normalized spacial score (nSPS) is 12.2. The molecule has 0 spiro atoms. The van der Waals surface area contributed by atoms with Gasteiger partial charge in [0, 0.05) is 17.0 Å². The van der Waals surface area contributed by atoms with Crippen molar-refractivity contribution in [3.8, 4) is 0 Å². The van der Waals surface area contributed by atoms with E-state index in [1.165, 1.54) is 23.1 Å². The minimum atomic E-state index is -0.183. The Labute approximate surface area is 137 Å². The van der Waals surface area contributed by atoms with Gasteiger partial charge in [-0.3, -0.25) is 4.79 Å². The lowest BCUT2D eigenvalue weighted by Crippen LogP contribution is -2.24. The van der Waals surface area contributed by atoms with E-state index in [0.29, 0.717) is 5.13 Å². The zero-order valence-corrected chi connectivity index (χ0v) is 13.7. The third-order valence-corrected chi connectivity index (χ3v) is 5.15. The van der Waals surface area contributed by atoms with Crippen LogP contribution in [0.2, 0.25) is 0 Å². The minimum absolute atomic E-state index is 0.0302. The first-order chi connectivity index (χ1) is 10.8. The molecule has 2 heterocycles. The van der Waals surface area contributed by atoms with Crippen LogP contribution in [0.15, 0.2) is 53.0 Å². The lowest BCUT2D eigenvalue weighted by Gasteiger charge is -2.13. The van der Waals surface area contributed by atoms with Gasteiger partial charge in [-0.05, 0) is 18.6 Å². The van der Waals surface area contributed by atoms with Crippen molar-refractivity contribution in [2.75, 3.05) is 5.32 Å². The molecule has 1 N–H and O–H groups in total. The molecule has 22 heavy (non-hydrogen) atoms. The summed E-state index contributed by atoms with van der Waals surface area (Å²) in [5, 5.41) is 7.11. The highest BCUT2D eigenvalue weighted by molar-refractivity contribution is 8.00. The van der Waals surface area contributed by atoms with Gasteiger partial charge in [-0.2, -0.15) is 0 Å². The van der Waals surface area contributed by atoms with Gasteiger partial charge in [0.2, 0.25) is 5.91 Å². The third-order valence-electron chi connectivity index (χ3n) is 3.16. The molecule has 6 heteroatoms. The monoisotopic (exact) mass is 329 g/mol. The summed E-state index contributed by atoms with van der Waals surface area (Å²) in [7, 11) is 0. The number of pyridine rings is 1. The number of benzene rings is 1. The SMILES string of the molecule is CC[C@H](Sc1ccc2ccccc2n1)C(=O)Nc1nccs1. The Morgan fingerprint density at radius 3 is 2.95 bits per heavy atom. The zero-order chi connectivity index (χ0) is 15.4. The van der Waals surface area contributed by atoms with Crippen molar-refractivity contribution in [3.05, 3.63) is 48.0 Å². The van der Waals surface area contributed by atoms with Crippen molar-refractivity contribution in [3.63, 3.8) is 0 Å². The van der Waals surface area contributed by atoms with Gasteiger partial charge in [-0.25, -0.2) is 9.97 Å². The minimum Gasteiger partial charge on any atom is -0.301 e. The van der Waals surface area contributed by atoms with Crippen molar-refractivity contribution >= 4 is 45.0 Å². The lowest BCUT2D eigenvalue weighted by molar-refractivity contribution is -0.115. The lowest BCUT2D eigenvalue weighted by atomic mass is 10.2. The van der Waals surface area contributed by atoms with Gasteiger partial charge >= 0.3 is 0 Å². The first kappa shape index (κ1) is 15.0. The molecule has 0 radical (unpaired) electrons. The average molecular weight is 329 g/mol. The van der Waals surface area contributed by atoms with Crippen LogP contribution in [-0.4, -0.2) is 21.1 Å². The number of amides is 1. The van der Waals surface area contributed by atoms with Crippen molar-refractivity contribution in [2.45, 2.75) is 23.6 Å². The molecule has 1 amide bonds. The van der Waals surface area contributed by atoms with Crippen LogP contribution in [0, 0.1) is 0 Å². The Kier molecular flexibility index (Phi) is 4.70. The highest BCUT2D eigenvalue weighted by Crippen LogP contribution is 2.27. The molecular weight excluding hydrogens is 314 g/mol. The summed E-state index contributed by atoms with van der Waals surface area (Å²) in [5.41, 5.74) is 0.947. The Morgan fingerprint density at radius 2 is 2.18 bits per heavy atom. The van der Waals surface area contributed by atoms with Crippen LogP contribution in [-0.2, 0) is 4.79 Å². The molecule has 0 aliphatic heterocycles. The smallest absolute Gasteiger partial charge is 0.239 e. The topological polar surface area (TPSA) is 54.9 Å². The molecule has 0 saturated carbocycles. The van der Waals surface area contributed by atoms with E-state index in [-0.39, 0.29) is 11.2 Å². The van der Waals surface area contributed by atoms with Crippen LogP contribution in [0.25, 0.3) is 10.9 Å². The molecule has 3 rings (SSSR count). The van der Waals surface area contributed by atoms with Gasteiger partial charge in [0.05, 0.1) is 15.8 Å². The number of nitrogens with one attached hydrogen (secondary N) is 1. The molecule has 0 fully saturated rings. The second-order valence-electron chi connectivity index (χ2n) is 4.68. The number of thiazole rings is 1. The van der Waals surface area contributed by atoms with Crippen LogP contribution < -0.4 is 5.32 Å². The Hall–Kier alpha value is -1.92. The number of thioether (sulfide) groups is 1. The molecule has 4 nitrogen and oxygen atoms in total. The van der Waals surface area contributed by atoms with Gasteiger partial charge in [0.25, 0.3) is 0 Å². The van der Waals surface area contributed by atoms with Crippen molar-refractivity contribution in [2.24, 2.45) is 0 Å². The number of aromatic nitrogens is 2. The maximum Gasteiger partial charge on any atom is 0.239 e. The average Bonchev–Trinajstić information content (AvgIpc) is 3.05. The van der Waals surface area contributed by atoms with Gasteiger partial charge in [-0.15, -0.1) is 11.3 Å². The van der Waals surface area contributed by atoms with Crippen LogP contribution in [0.4, 0.5) is 5.13 Å². The van der Waals surface area contributed by atoms with Gasteiger partial charge in [0.15, 0.2) is 5.13 Å².